The van der Waals surface area contributed by atoms with E-state index in [9.17, 15) is 4.55 Å². The van der Waals surface area contributed by atoms with E-state index in [0.29, 0.717) is 10.8 Å². The molecule has 1 heterocycles. The second-order valence-electron chi connectivity index (χ2n) is 1.61. The Kier molecular flexibility index (Phi) is 2.47. The highest BCUT2D eigenvalue weighted by molar-refractivity contribution is 7.91. The molecular formula is C5H7N3OS. The Morgan fingerprint density at radius 3 is 3.20 bits per heavy atom. The second kappa shape index (κ2) is 3.38. The summed E-state index contributed by atoms with van der Waals surface area (Å²) in [7, 11) is 0. The van der Waals surface area contributed by atoms with E-state index in [4.69, 9.17) is 0 Å². The molecule has 54 valence electrons. The van der Waals surface area contributed by atoms with Gasteiger partial charge in [-0.3, -0.25) is 5.10 Å². The molecule has 0 saturated carbocycles. The summed E-state index contributed by atoms with van der Waals surface area (Å²) in [5, 5.41) is 9.96. The summed E-state index contributed by atoms with van der Waals surface area (Å²) in [6.45, 7) is 3.46. The van der Waals surface area contributed by atoms with Gasteiger partial charge in [-0.15, -0.1) is 0 Å². The first kappa shape index (κ1) is 7.30. The van der Waals surface area contributed by atoms with Crippen LogP contribution in [0.5, 0.6) is 0 Å². The molecule has 0 aliphatic rings. The van der Waals surface area contributed by atoms with Crippen molar-refractivity contribution in [3.05, 3.63) is 18.9 Å². The van der Waals surface area contributed by atoms with Crippen LogP contribution in [0.25, 0.3) is 0 Å². The first-order valence-electron chi connectivity index (χ1n) is 2.70. The van der Waals surface area contributed by atoms with Gasteiger partial charge in [0.15, 0.2) is 0 Å². The summed E-state index contributed by atoms with van der Waals surface area (Å²) in [6, 6.07) is 0. The van der Waals surface area contributed by atoms with Crippen LogP contribution in [0.15, 0.2) is 23.9 Å². The first-order valence-corrected chi connectivity index (χ1v) is 4.02. The Labute approximate surface area is 61.5 Å². The molecule has 0 fully saturated rings. The minimum Gasteiger partial charge on any atom is -0.610 e. The smallest absolute Gasteiger partial charge is 0.282 e. The van der Waals surface area contributed by atoms with E-state index in [2.05, 4.69) is 22.0 Å². The van der Waals surface area contributed by atoms with Gasteiger partial charge in [0.25, 0.3) is 5.03 Å². The zero-order valence-electron chi connectivity index (χ0n) is 5.28. The van der Waals surface area contributed by atoms with Crippen LogP contribution < -0.4 is 0 Å². The fourth-order valence-electron chi connectivity index (χ4n) is 0.495. The lowest BCUT2D eigenvalue weighted by atomic mass is 10.8. The molecule has 1 unspecified atom stereocenters. The van der Waals surface area contributed by atoms with Crippen LogP contribution >= 0.6 is 0 Å². The largest absolute Gasteiger partial charge is 0.610 e. The Hall–Kier alpha value is -0.810. The van der Waals surface area contributed by atoms with E-state index in [1.165, 1.54) is 6.20 Å². The predicted octanol–water partition coefficient (Wildman–Crippen LogP) is 0.0983. The van der Waals surface area contributed by atoms with Crippen LogP contribution in [-0.4, -0.2) is 25.7 Å². The maximum atomic E-state index is 11.0. The highest BCUT2D eigenvalue weighted by atomic mass is 32.2. The minimum atomic E-state index is -1.08. The fraction of sp³-hybridized carbons (Fsp3) is 0.200. The van der Waals surface area contributed by atoms with Gasteiger partial charge in [0.1, 0.15) is 5.75 Å². The molecule has 0 aliphatic heterocycles. The quantitative estimate of drug-likeness (QED) is 0.500. The number of aromatic amines is 1. The molecule has 0 radical (unpaired) electrons. The van der Waals surface area contributed by atoms with Crippen molar-refractivity contribution in [2.45, 2.75) is 5.03 Å². The van der Waals surface area contributed by atoms with Crippen LogP contribution in [0.2, 0.25) is 0 Å². The number of nitrogens with one attached hydrogen (secondary N) is 1. The van der Waals surface area contributed by atoms with Crippen LogP contribution in [0, 0.1) is 0 Å². The second-order valence-corrected chi connectivity index (χ2v) is 3.06. The third-order valence-electron chi connectivity index (χ3n) is 0.897. The highest BCUT2D eigenvalue weighted by Gasteiger charge is 2.10. The van der Waals surface area contributed by atoms with Crippen molar-refractivity contribution in [3.63, 3.8) is 0 Å². The Morgan fingerprint density at radius 1 is 1.90 bits per heavy atom. The molecule has 1 aromatic heterocycles. The van der Waals surface area contributed by atoms with Crippen molar-refractivity contribution < 1.29 is 4.55 Å². The summed E-state index contributed by atoms with van der Waals surface area (Å²) >= 11 is -1.08. The van der Waals surface area contributed by atoms with Crippen LogP contribution in [0.4, 0.5) is 0 Å². The van der Waals surface area contributed by atoms with E-state index in [-0.39, 0.29) is 0 Å². The van der Waals surface area contributed by atoms with Gasteiger partial charge in [0.2, 0.25) is 0 Å². The molecule has 0 aliphatic carbocycles. The van der Waals surface area contributed by atoms with Crippen molar-refractivity contribution >= 4 is 11.2 Å². The Morgan fingerprint density at radius 2 is 2.70 bits per heavy atom. The lowest BCUT2D eigenvalue weighted by Crippen LogP contribution is -2.04. The number of H-pyrrole nitrogens is 1. The van der Waals surface area contributed by atoms with Crippen LogP contribution in [-0.2, 0) is 11.2 Å². The molecule has 0 bridgehead atoms. The minimum absolute atomic E-state index is 0.423. The SMILES string of the molecule is C=CC[S+]([O-])c1c[nH]nn1. The van der Waals surface area contributed by atoms with E-state index in [1.54, 1.807) is 6.08 Å². The first-order chi connectivity index (χ1) is 4.84. The van der Waals surface area contributed by atoms with Gasteiger partial charge < -0.3 is 4.55 Å². The molecule has 1 atom stereocenters. The van der Waals surface area contributed by atoms with Crippen molar-refractivity contribution in [2.75, 3.05) is 5.75 Å². The fourth-order valence-corrected chi connectivity index (χ4v) is 1.20. The molecule has 0 aromatic carbocycles. The van der Waals surface area contributed by atoms with Crippen molar-refractivity contribution in [3.8, 4) is 0 Å². The number of rotatable bonds is 3. The molecular weight excluding hydrogens is 150 g/mol. The van der Waals surface area contributed by atoms with Gasteiger partial charge >= 0.3 is 0 Å². The van der Waals surface area contributed by atoms with Crippen LogP contribution in [0.1, 0.15) is 0 Å². The molecule has 1 N–H and O–H groups in total. The summed E-state index contributed by atoms with van der Waals surface area (Å²) in [5.41, 5.74) is 0. The van der Waals surface area contributed by atoms with Crippen LogP contribution in [0.3, 0.4) is 0 Å². The summed E-state index contributed by atoms with van der Waals surface area (Å²) in [5.74, 6) is 0.423. The lowest BCUT2D eigenvalue weighted by Gasteiger charge is -2.00. The van der Waals surface area contributed by atoms with Crippen molar-refractivity contribution in [2.24, 2.45) is 0 Å². The summed E-state index contributed by atoms with van der Waals surface area (Å²) in [6.07, 6.45) is 3.10. The normalized spacial score (nSPS) is 12.9. The van der Waals surface area contributed by atoms with Gasteiger partial charge in [-0.05, 0) is 6.08 Å². The number of hydrogen-bond donors (Lipinski definition) is 1. The standard InChI is InChI=1S/C5H7N3OS/c1-2-3-10(9)5-4-6-8-7-5/h2,4H,1,3H2,(H,6,7,8). The van der Waals surface area contributed by atoms with E-state index in [0.717, 1.165) is 0 Å². The molecule has 4 nitrogen and oxygen atoms in total. The molecule has 0 amide bonds. The maximum Gasteiger partial charge on any atom is 0.282 e. The van der Waals surface area contributed by atoms with E-state index in [1.807, 2.05) is 0 Å². The van der Waals surface area contributed by atoms with Gasteiger partial charge in [0, 0.05) is 11.2 Å². The van der Waals surface area contributed by atoms with Gasteiger partial charge in [-0.1, -0.05) is 16.9 Å². The zero-order chi connectivity index (χ0) is 7.40. The van der Waals surface area contributed by atoms with E-state index < -0.39 is 11.2 Å². The Balaban J connectivity index is 2.58. The number of hydrogen-bond acceptors (Lipinski definition) is 3. The molecule has 1 rings (SSSR count). The Bertz CT molecular complexity index is 199. The van der Waals surface area contributed by atoms with Gasteiger partial charge in [0.05, 0.1) is 6.20 Å². The average Bonchev–Trinajstić information content (AvgIpc) is 2.38. The van der Waals surface area contributed by atoms with E-state index >= 15 is 0 Å². The topological polar surface area (TPSA) is 64.6 Å². The zero-order valence-corrected chi connectivity index (χ0v) is 6.10. The molecule has 0 saturated heterocycles. The summed E-state index contributed by atoms with van der Waals surface area (Å²) < 4.78 is 11.0. The van der Waals surface area contributed by atoms with Crippen molar-refractivity contribution in [1.82, 2.24) is 15.4 Å². The van der Waals surface area contributed by atoms with Gasteiger partial charge in [-0.2, -0.15) is 0 Å². The molecule has 5 heteroatoms. The number of aromatic nitrogens is 3. The average molecular weight is 157 g/mol. The molecule has 1 aromatic rings. The maximum absolute atomic E-state index is 11.0. The number of nitrogens with zero attached hydrogens (tertiary/aromatic N) is 2. The third-order valence-corrected chi connectivity index (χ3v) is 2.10. The monoisotopic (exact) mass is 157 g/mol. The molecule has 10 heavy (non-hydrogen) atoms. The highest BCUT2D eigenvalue weighted by Crippen LogP contribution is 2.03. The lowest BCUT2D eigenvalue weighted by molar-refractivity contribution is 0.594. The van der Waals surface area contributed by atoms with Gasteiger partial charge in [-0.25, -0.2) is 0 Å². The molecule has 0 spiro atoms. The third kappa shape index (κ3) is 1.58. The predicted molar refractivity (Wildman–Crippen MR) is 37.9 cm³/mol. The van der Waals surface area contributed by atoms with Crippen molar-refractivity contribution in [1.29, 1.82) is 0 Å². The summed E-state index contributed by atoms with van der Waals surface area (Å²) in [4.78, 5) is 0.